The van der Waals surface area contributed by atoms with Crippen LogP contribution >= 0.6 is 11.8 Å². The average Bonchev–Trinajstić information content (AvgIpc) is 2.72. The van der Waals surface area contributed by atoms with Gasteiger partial charge in [0.25, 0.3) is 0 Å². The molecule has 2 aromatic rings. The number of aryl methyl sites for hydroxylation is 2. The lowest BCUT2D eigenvalue weighted by Crippen LogP contribution is -2.01. The highest BCUT2D eigenvalue weighted by atomic mass is 32.2. The molecular weight excluding hydrogens is 358 g/mol. The van der Waals surface area contributed by atoms with E-state index >= 15 is 0 Å². The molecule has 0 bridgehead atoms. The van der Waals surface area contributed by atoms with Gasteiger partial charge in [-0.05, 0) is 61.1 Å². The number of nitrogens with one attached hydrogen (secondary N) is 1. The average molecular weight is 396 g/mol. The summed E-state index contributed by atoms with van der Waals surface area (Å²) in [5.41, 5.74) is 5.50. The highest BCUT2D eigenvalue weighted by Gasteiger charge is 2.16. The van der Waals surface area contributed by atoms with E-state index < -0.39 is 0 Å². The Kier molecular flexibility index (Phi) is 8.79. The van der Waals surface area contributed by atoms with Gasteiger partial charge < -0.3 is 5.32 Å². The van der Waals surface area contributed by atoms with Gasteiger partial charge in [-0.25, -0.2) is 0 Å². The zero-order chi connectivity index (χ0) is 19.6. The highest BCUT2D eigenvalue weighted by Crippen LogP contribution is 2.45. The summed E-state index contributed by atoms with van der Waals surface area (Å²) < 4.78 is 0. The Bertz CT molecular complexity index is 676. The van der Waals surface area contributed by atoms with Crippen molar-refractivity contribution in [3.63, 3.8) is 0 Å². The molecule has 1 nitrogen and oxygen atoms in total. The molecule has 0 atom stereocenters. The quantitative estimate of drug-likeness (QED) is 0.307. The van der Waals surface area contributed by atoms with Gasteiger partial charge in [0.05, 0.1) is 11.4 Å². The Morgan fingerprint density at radius 1 is 0.607 bits per heavy atom. The van der Waals surface area contributed by atoms with Gasteiger partial charge in [0.1, 0.15) is 0 Å². The van der Waals surface area contributed by atoms with Gasteiger partial charge in [0.2, 0.25) is 0 Å². The molecule has 0 amide bonds. The van der Waals surface area contributed by atoms with Crippen LogP contribution in [0.4, 0.5) is 11.4 Å². The van der Waals surface area contributed by atoms with Crippen molar-refractivity contribution in [2.45, 2.75) is 101 Å². The number of hydrogen-bond donors (Lipinski definition) is 1. The summed E-state index contributed by atoms with van der Waals surface area (Å²) in [6.45, 7) is 4.56. The van der Waals surface area contributed by atoms with E-state index in [1.807, 2.05) is 11.8 Å². The van der Waals surface area contributed by atoms with Crippen LogP contribution in [0.5, 0.6) is 0 Å². The van der Waals surface area contributed by atoms with Crippen molar-refractivity contribution < 1.29 is 0 Å². The lowest BCUT2D eigenvalue weighted by molar-refractivity contribution is 0.632. The second-order valence-electron chi connectivity index (χ2n) is 8.22. The van der Waals surface area contributed by atoms with Gasteiger partial charge in [-0.2, -0.15) is 0 Å². The minimum atomic E-state index is 1.21. The van der Waals surface area contributed by atoms with Crippen LogP contribution < -0.4 is 5.32 Å². The van der Waals surface area contributed by atoms with Crippen LogP contribution in [0.1, 0.15) is 89.2 Å². The molecule has 1 heterocycles. The van der Waals surface area contributed by atoms with Crippen molar-refractivity contribution >= 4 is 23.1 Å². The zero-order valence-electron chi connectivity index (χ0n) is 17.9. The molecule has 0 unspecified atom stereocenters. The third kappa shape index (κ3) is 6.30. The minimum absolute atomic E-state index is 1.21. The maximum absolute atomic E-state index is 3.64. The van der Waals surface area contributed by atoms with Gasteiger partial charge in [0, 0.05) is 9.79 Å². The van der Waals surface area contributed by atoms with Crippen LogP contribution in [0.3, 0.4) is 0 Å². The molecule has 2 aromatic carbocycles. The lowest BCUT2D eigenvalue weighted by atomic mass is 10.0. The molecule has 3 rings (SSSR count). The molecule has 0 aromatic heterocycles. The Balaban J connectivity index is 1.56. The lowest BCUT2D eigenvalue weighted by Gasteiger charge is -2.22. The van der Waals surface area contributed by atoms with Gasteiger partial charge in [0.15, 0.2) is 0 Å². The van der Waals surface area contributed by atoms with E-state index in [0.717, 1.165) is 0 Å². The fourth-order valence-corrected chi connectivity index (χ4v) is 5.06. The molecule has 2 heteroatoms. The molecule has 0 saturated carbocycles. The van der Waals surface area contributed by atoms with E-state index in [1.165, 1.54) is 109 Å². The molecule has 152 valence electrons. The summed E-state index contributed by atoms with van der Waals surface area (Å²) in [7, 11) is 0. The number of rotatable bonds is 12. The summed E-state index contributed by atoms with van der Waals surface area (Å²) >= 11 is 1.94. The van der Waals surface area contributed by atoms with Gasteiger partial charge in [-0.1, -0.05) is 89.1 Å². The largest absolute Gasteiger partial charge is 0.354 e. The summed E-state index contributed by atoms with van der Waals surface area (Å²) in [6.07, 6.45) is 15.9. The first-order valence-electron chi connectivity index (χ1n) is 11.5. The first kappa shape index (κ1) is 21.3. The van der Waals surface area contributed by atoms with Crippen LogP contribution in [0.25, 0.3) is 0 Å². The first-order valence-corrected chi connectivity index (χ1v) is 12.3. The maximum atomic E-state index is 3.64. The normalized spacial score (nSPS) is 12.4. The fraction of sp³-hybridized carbons (Fsp3) is 0.538. The van der Waals surface area contributed by atoms with Crippen molar-refractivity contribution in [2.24, 2.45) is 0 Å². The van der Waals surface area contributed by atoms with Crippen molar-refractivity contribution in [1.82, 2.24) is 0 Å². The minimum Gasteiger partial charge on any atom is -0.354 e. The molecule has 0 spiro atoms. The molecule has 0 aliphatic carbocycles. The molecular formula is C26H37NS. The molecule has 0 fully saturated rings. The predicted octanol–water partition coefficient (Wildman–Crippen LogP) is 8.92. The summed E-state index contributed by atoms with van der Waals surface area (Å²) in [5.74, 6) is 0. The molecule has 0 saturated heterocycles. The van der Waals surface area contributed by atoms with E-state index in [2.05, 4.69) is 55.6 Å². The van der Waals surface area contributed by atoms with Crippen molar-refractivity contribution in [1.29, 1.82) is 0 Å². The van der Waals surface area contributed by atoms with Crippen LogP contribution in [0.2, 0.25) is 0 Å². The zero-order valence-corrected chi connectivity index (χ0v) is 18.7. The van der Waals surface area contributed by atoms with Gasteiger partial charge in [-0.3, -0.25) is 0 Å². The van der Waals surface area contributed by atoms with E-state index in [-0.39, 0.29) is 0 Å². The number of anilines is 2. The second-order valence-corrected chi connectivity index (χ2v) is 9.30. The smallest absolute Gasteiger partial charge is 0.0526 e. The monoisotopic (exact) mass is 395 g/mol. The summed E-state index contributed by atoms with van der Waals surface area (Å²) in [4.78, 5) is 2.78. The highest BCUT2D eigenvalue weighted by molar-refractivity contribution is 7.99. The number of unbranched alkanes of at least 4 members (excludes halogenated alkanes) is 8. The first-order chi connectivity index (χ1) is 13.8. The van der Waals surface area contributed by atoms with Gasteiger partial charge >= 0.3 is 0 Å². The maximum Gasteiger partial charge on any atom is 0.0526 e. The molecule has 0 radical (unpaired) electrons. The SMILES string of the molecule is CCCCCCCc1ccc2c(c1)Sc1cc(CCCCCCC)ccc1N2. The third-order valence-electron chi connectivity index (χ3n) is 5.72. The topological polar surface area (TPSA) is 12.0 Å². The molecule has 1 aliphatic heterocycles. The predicted molar refractivity (Wildman–Crippen MR) is 125 cm³/mol. The van der Waals surface area contributed by atoms with E-state index in [1.54, 1.807) is 0 Å². The summed E-state index contributed by atoms with van der Waals surface area (Å²) in [6, 6.07) is 14.0. The van der Waals surface area contributed by atoms with Crippen LogP contribution in [0.15, 0.2) is 46.2 Å². The summed E-state index contributed by atoms with van der Waals surface area (Å²) in [5, 5.41) is 3.64. The van der Waals surface area contributed by atoms with Crippen LogP contribution in [0, 0.1) is 0 Å². The number of fused-ring (bicyclic) bond motifs is 2. The van der Waals surface area contributed by atoms with Crippen LogP contribution in [-0.2, 0) is 12.8 Å². The Labute approximate surface area is 176 Å². The van der Waals surface area contributed by atoms with Crippen molar-refractivity contribution in [3.8, 4) is 0 Å². The Morgan fingerprint density at radius 3 is 1.54 bits per heavy atom. The van der Waals surface area contributed by atoms with E-state index in [0.29, 0.717) is 0 Å². The van der Waals surface area contributed by atoms with Gasteiger partial charge in [-0.15, -0.1) is 0 Å². The van der Waals surface area contributed by atoms with E-state index in [9.17, 15) is 0 Å². The second kappa shape index (κ2) is 11.6. The van der Waals surface area contributed by atoms with Crippen LogP contribution in [-0.4, -0.2) is 0 Å². The standard InChI is InChI=1S/C26H37NS/c1-3-5-7-9-11-13-21-15-17-23-25(19-21)28-26-20-22(16-18-24(26)27-23)14-12-10-8-6-4-2/h15-20,27H,3-14H2,1-2H3. The van der Waals surface area contributed by atoms with E-state index in [4.69, 9.17) is 0 Å². The molecule has 1 N–H and O–H groups in total. The van der Waals surface area contributed by atoms with Crippen molar-refractivity contribution in [2.75, 3.05) is 5.32 Å². The fourth-order valence-electron chi connectivity index (χ4n) is 3.95. The Hall–Kier alpha value is -1.41. The number of benzene rings is 2. The molecule has 28 heavy (non-hydrogen) atoms. The third-order valence-corrected chi connectivity index (χ3v) is 6.83. The molecule has 1 aliphatic rings. The number of hydrogen-bond acceptors (Lipinski definition) is 2. The van der Waals surface area contributed by atoms with Crippen molar-refractivity contribution in [3.05, 3.63) is 47.5 Å². The Morgan fingerprint density at radius 2 is 1.07 bits per heavy atom.